The molecule has 0 aliphatic carbocycles. The van der Waals surface area contributed by atoms with Gasteiger partial charge in [0.15, 0.2) is 0 Å². The molecule has 0 saturated carbocycles. The van der Waals surface area contributed by atoms with Crippen LogP contribution in [0.25, 0.3) is 11.0 Å². The Morgan fingerprint density at radius 2 is 2.10 bits per heavy atom. The minimum absolute atomic E-state index is 0.315. The molecule has 1 aromatic heterocycles. The molecule has 1 fully saturated rings. The van der Waals surface area contributed by atoms with Crippen LogP contribution in [0.15, 0.2) is 33.5 Å². The topological polar surface area (TPSA) is 53.7 Å². The van der Waals surface area contributed by atoms with E-state index in [9.17, 15) is 9.90 Å². The Labute approximate surface area is 117 Å². The van der Waals surface area contributed by atoms with Crippen LogP contribution in [-0.4, -0.2) is 28.7 Å². The fourth-order valence-electron chi connectivity index (χ4n) is 2.83. The fourth-order valence-corrected chi connectivity index (χ4v) is 2.83. The number of hydrogen-bond donors (Lipinski definition) is 1. The number of aryl methyl sites for hydroxylation is 1. The van der Waals surface area contributed by atoms with Crippen LogP contribution in [0.5, 0.6) is 0 Å². The average Bonchev–Trinajstić information content (AvgIpc) is 2.35. The van der Waals surface area contributed by atoms with Crippen molar-refractivity contribution in [2.75, 3.05) is 13.1 Å². The van der Waals surface area contributed by atoms with Crippen LogP contribution in [0.4, 0.5) is 0 Å². The number of benzene rings is 1. The summed E-state index contributed by atoms with van der Waals surface area (Å²) in [5, 5.41) is 11.0. The summed E-state index contributed by atoms with van der Waals surface area (Å²) in [5.74, 6) is 0. The van der Waals surface area contributed by atoms with E-state index in [2.05, 4.69) is 4.90 Å². The van der Waals surface area contributed by atoms with Crippen molar-refractivity contribution in [3.63, 3.8) is 0 Å². The monoisotopic (exact) mass is 273 g/mol. The molecule has 0 bridgehead atoms. The summed E-state index contributed by atoms with van der Waals surface area (Å²) in [7, 11) is 0. The number of nitrogens with zero attached hydrogens (tertiary/aromatic N) is 1. The zero-order valence-electron chi connectivity index (χ0n) is 11.8. The molecule has 1 aliphatic rings. The minimum atomic E-state index is -0.550. The first kappa shape index (κ1) is 13.3. The van der Waals surface area contributed by atoms with Gasteiger partial charge in [-0.2, -0.15) is 0 Å². The molecule has 106 valence electrons. The van der Waals surface area contributed by atoms with Crippen molar-refractivity contribution in [2.24, 2.45) is 0 Å². The smallest absolute Gasteiger partial charge is 0.336 e. The van der Waals surface area contributed by atoms with Crippen LogP contribution in [0.3, 0.4) is 0 Å². The molecule has 2 heterocycles. The van der Waals surface area contributed by atoms with Gasteiger partial charge in [0, 0.05) is 31.1 Å². The molecule has 1 saturated heterocycles. The second-order valence-electron chi connectivity index (χ2n) is 5.81. The van der Waals surface area contributed by atoms with E-state index >= 15 is 0 Å². The molecule has 0 spiro atoms. The molecule has 0 atom stereocenters. The molecule has 1 N–H and O–H groups in total. The summed E-state index contributed by atoms with van der Waals surface area (Å²) in [5.41, 5.74) is 1.81. The number of aliphatic hydroxyl groups is 1. The predicted octanol–water partition coefficient (Wildman–Crippen LogP) is 2.06. The predicted molar refractivity (Wildman–Crippen MR) is 77.7 cm³/mol. The quantitative estimate of drug-likeness (QED) is 0.870. The Kier molecular flexibility index (Phi) is 3.15. The fraction of sp³-hybridized carbons (Fsp3) is 0.438. The molecule has 4 heteroatoms. The van der Waals surface area contributed by atoms with E-state index in [0.29, 0.717) is 25.2 Å². The van der Waals surface area contributed by atoms with Gasteiger partial charge < -0.3 is 9.52 Å². The Balaban J connectivity index is 1.90. The minimum Gasteiger partial charge on any atom is -0.423 e. The van der Waals surface area contributed by atoms with E-state index in [0.717, 1.165) is 22.9 Å². The summed E-state index contributed by atoms with van der Waals surface area (Å²) in [6.45, 7) is 5.97. The summed E-state index contributed by atoms with van der Waals surface area (Å²) in [6.07, 6.45) is 0.764. The van der Waals surface area contributed by atoms with Crippen molar-refractivity contribution in [1.29, 1.82) is 0 Å². The van der Waals surface area contributed by atoms with E-state index in [4.69, 9.17) is 4.42 Å². The molecule has 1 aliphatic heterocycles. The highest BCUT2D eigenvalue weighted by Gasteiger charge is 2.39. The molecule has 3 rings (SSSR count). The van der Waals surface area contributed by atoms with Gasteiger partial charge in [-0.25, -0.2) is 4.79 Å². The molecule has 2 aromatic rings. The summed E-state index contributed by atoms with van der Waals surface area (Å²) < 4.78 is 5.26. The second kappa shape index (κ2) is 4.72. The maximum Gasteiger partial charge on any atom is 0.336 e. The maximum atomic E-state index is 11.7. The van der Waals surface area contributed by atoms with Crippen LogP contribution in [-0.2, 0) is 6.54 Å². The maximum absolute atomic E-state index is 11.7. The van der Waals surface area contributed by atoms with Crippen molar-refractivity contribution in [3.05, 3.63) is 45.8 Å². The lowest BCUT2D eigenvalue weighted by atomic mass is 9.90. The van der Waals surface area contributed by atoms with Gasteiger partial charge in [0.1, 0.15) is 5.58 Å². The van der Waals surface area contributed by atoms with Crippen LogP contribution < -0.4 is 5.63 Å². The Morgan fingerprint density at radius 3 is 2.80 bits per heavy atom. The van der Waals surface area contributed by atoms with Crippen molar-refractivity contribution < 1.29 is 9.52 Å². The van der Waals surface area contributed by atoms with Gasteiger partial charge in [-0.05, 0) is 30.5 Å². The average molecular weight is 273 g/mol. The normalized spacial score (nSPS) is 18.1. The third kappa shape index (κ3) is 2.37. The summed E-state index contributed by atoms with van der Waals surface area (Å²) >= 11 is 0. The number of β-amino-alcohol motifs (C(OH)–C–C–N with tert-alkyl or cyclic N) is 1. The first-order chi connectivity index (χ1) is 9.49. The highest BCUT2D eigenvalue weighted by atomic mass is 16.4. The van der Waals surface area contributed by atoms with Gasteiger partial charge in [-0.1, -0.05) is 19.1 Å². The van der Waals surface area contributed by atoms with E-state index in [1.165, 1.54) is 0 Å². The van der Waals surface area contributed by atoms with Crippen LogP contribution in [0.1, 0.15) is 24.5 Å². The number of likely N-dealkylation sites (tertiary alicyclic amines) is 1. The zero-order chi connectivity index (χ0) is 14.3. The molecule has 0 radical (unpaired) electrons. The summed E-state index contributed by atoms with van der Waals surface area (Å²) in [6, 6.07) is 7.46. The highest BCUT2D eigenvalue weighted by Crippen LogP contribution is 2.27. The van der Waals surface area contributed by atoms with Crippen LogP contribution >= 0.6 is 0 Å². The molecular weight excluding hydrogens is 254 g/mol. The standard InChI is InChI=1S/C16H19NO3/c1-3-16(19)9-17(10-16)8-12-7-15(18)20-14-6-11(2)4-5-13(12)14/h4-7,19H,3,8-10H2,1-2H3. The summed E-state index contributed by atoms with van der Waals surface area (Å²) in [4.78, 5) is 13.8. The second-order valence-corrected chi connectivity index (χ2v) is 5.81. The van der Waals surface area contributed by atoms with E-state index < -0.39 is 5.60 Å². The molecular formula is C16H19NO3. The van der Waals surface area contributed by atoms with Crippen molar-refractivity contribution >= 4 is 11.0 Å². The van der Waals surface area contributed by atoms with Crippen LogP contribution in [0, 0.1) is 6.92 Å². The van der Waals surface area contributed by atoms with Gasteiger partial charge >= 0.3 is 5.63 Å². The Bertz CT molecular complexity index is 698. The molecule has 1 aromatic carbocycles. The van der Waals surface area contributed by atoms with Crippen molar-refractivity contribution in [1.82, 2.24) is 4.90 Å². The lowest BCUT2D eigenvalue weighted by Crippen LogP contribution is -2.60. The lowest BCUT2D eigenvalue weighted by molar-refractivity contribution is -0.103. The lowest BCUT2D eigenvalue weighted by Gasteiger charge is -2.46. The van der Waals surface area contributed by atoms with Gasteiger partial charge in [0.05, 0.1) is 5.60 Å². The van der Waals surface area contributed by atoms with Gasteiger partial charge in [-0.15, -0.1) is 0 Å². The highest BCUT2D eigenvalue weighted by molar-refractivity contribution is 5.80. The van der Waals surface area contributed by atoms with Gasteiger partial charge in [-0.3, -0.25) is 4.90 Å². The molecule has 0 amide bonds. The van der Waals surface area contributed by atoms with Crippen molar-refractivity contribution in [2.45, 2.75) is 32.4 Å². The zero-order valence-corrected chi connectivity index (χ0v) is 11.8. The SMILES string of the molecule is CCC1(O)CN(Cc2cc(=O)oc3cc(C)ccc23)C1. The third-order valence-electron chi connectivity index (χ3n) is 4.07. The van der Waals surface area contributed by atoms with E-state index in [1.54, 1.807) is 6.07 Å². The van der Waals surface area contributed by atoms with Crippen LogP contribution in [0.2, 0.25) is 0 Å². The first-order valence-electron chi connectivity index (χ1n) is 6.97. The Morgan fingerprint density at radius 1 is 1.35 bits per heavy atom. The largest absolute Gasteiger partial charge is 0.423 e. The van der Waals surface area contributed by atoms with E-state index in [1.807, 2.05) is 32.0 Å². The number of rotatable bonds is 3. The molecule has 0 unspecified atom stereocenters. The van der Waals surface area contributed by atoms with E-state index in [-0.39, 0.29) is 5.63 Å². The first-order valence-corrected chi connectivity index (χ1v) is 6.97. The molecule has 4 nitrogen and oxygen atoms in total. The number of hydrogen-bond acceptors (Lipinski definition) is 4. The Hall–Kier alpha value is -1.65. The third-order valence-corrected chi connectivity index (χ3v) is 4.07. The van der Waals surface area contributed by atoms with Gasteiger partial charge in [0.2, 0.25) is 0 Å². The van der Waals surface area contributed by atoms with Crippen molar-refractivity contribution in [3.8, 4) is 0 Å². The molecule has 20 heavy (non-hydrogen) atoms. The van der Waals surface area contributed by atoms with Gasteiger partial charge in [0.25, 0.3) is 0 Å². The number of fused-ring (bicyclic) bond motifs is 1.